The molecule has 0 atom stereocenters. The summed E-state index contributed by atoms with van der Waals surface area (Å²) in [6.07, 6.45) is 0.581. The smallest absolute Gasteiger partial charge is 0.269 e. The number of rotatable bonds is 10. The maximum Gasteiger partial charge on any atom is 0.269 e. The van der Waals surface area contributed by atoms with Crippen molar-refractivity contribution in [2.75, 3.05) is 0 Å². The monoisotopic (exact) mass is 412 g/mol. The predicted octanol–water partition coefficient (Wildman–Crippen LogP) is 2.36. The summed E-state index contributed by atoms with van der Waals surface area (Å²) in [5, 5.41) is 3.70. The summed E-state index contributed by atoms with van der Waals surface area (Å²) in [5.41, 5.74) is 2.44. The lowest BCUT2D eigenvalue weighted by Crippen LogP contribution is -2.51. The number of hydrogen-bond acceptors (Lipinski definition) is 3. The van der Waals surface area contributed by atoms with Crippen LogP contribution in [-0.4, -0.2) is 47.6 Å². The lowest BCUT2D eigenvalue weighted by molar-refractivity contribution is 0.258. The Morgan fingerprint density at radius 2 is 1.11 bits per heavy atom. The normalized spacial score (nSPS) is 11.7. The minimum Gasteiger partial charge on any atom is -0.409 e. The molecule has 2 aromatic rings. The van der Waals surface area contributed by atoms with E-state index in [-0.39, 0.29) is 37.8 Å². The maximum atomic E-state index is 6.06. The second-order valence-corrected chi connectivity index (χ2v) is 9.94. The van der Waals surface area contributed by atoms with Crippen LogP contribution in [0.3, 0.4) is 0 Å². The van der Waals surface area contributed by atoms with Crippen molar-refractivity contribution in [3.63, 3.8) is 0 Å². The summed E-state index contributed by atoms with van der Waals surface area (Å²) in [6.45, 7) is 12.5. The molecule has 0 fully saturated rings. The third kappa shape index (κ3) is 7.14. The number of benzene rings is 2. The average molecular weight is 413 g/mol. The van der Waals surface area contributed by atoms with Crippen molar-refractivity contribution in [3.8, 4) is 11.1 Å². The Balaban J connectivity index is 2.50. The van der Waals surface area contributed by atoms with Crippen LogP contribution in [0.5, 0.6) is 0 Å². The van der Waals surface area contributed by atoms with Gasteiger partial charge in [0.05, 0.1) is 0 Å². The van der Waals surface area contributed by atoms with E-state index in [2.05, 4.69) is 77.9 Å². The molecule has 6 radical (unpaired) electrons. The van der Waals surface area contributed by atoms with Gasteiger partial charge in [-0.1, -0.05) is 42.5 Å². The van der Waals surface area contributed by atoms with Crippen molar-refractivity contribution >= 4 is 44.8 Å². The molecule has 2 aromatic carbocycles. The molecule has 0 saturated carbocycles. The van der Waals surface area contributed by atoms with E-state index >= 15 is 0 Å². The van der Waals surface area contributed by atoms with Crippen LogP contribution in [0.4, 0.5) is 0 Å². The first-order chi connectivity index (χ1) is 12.9. The Morgan fingerprint density at radius 1 is 0.593 bits per heavy atom. The fourth-order valence-corrected chi connectivity index (χ4v) is 5.48. The third-order valence-electron chi connectivity index (χ3n) is 3.49. The zero-order valence-electron chi connectivity index (χ0n) is 17.0. The van der Waals surface area contributed by atoms with Crippen molar-refractivity contribution < 1.29 is 13.3 Å². The average Bonchev–Trinajstić information content (AvgIpc) is 2.63. The highest BCUT2D eigenvalue weighted by molar-refractivity contribution is 6.69. The summed E-state index contributed by atoms with van der Waals surface area (Å²) in [6, 6.07) is 14.9. The van der Waals surface area contributed by atoms with E-state index in [9.17, 15) is 0 Å². The van der Waals surface area contributed by atoms with Crippen LogP contribution in [0.2, 0.25) is 0 Å². The highest BCUT2D eigenvalue weighted by atomic mass is 28.2. The zero-order valence-corrected chi connectivity index (χ0v) is 20.0. The van der Waals surface area contributed by atoms with Gasteiger partial charge in [0.25, 0.3) is 29.3 Å². The summed E-state index contributed by atoms with van der Waals surface area (Å²) in [5.74, 6) is 0. The van der Waals surface area contributed by atoms with Gasteiger partial charge in [-0.2, -0.15) is 0 Å². The van der Waals surface area contributed by atoms with E-state index in [1.54, 1.807) is 0 Å². The fourth-order valence-electron chi connectivity index (χ4n) is 2.29. The quantitative estimate of drug-likeness (QED) is 0.561. The van der Waals surface area contributed by atoms with Crippen LogP contribution < -0.4 is 15.6 Å². The molecule has 6 heteroatoms. The molecule has 0 aliphatic heterocycles. The Bertz CT molecular complexity index is 703. The van der Waals surface area contributed by atoms with Gasteiger partial charge < -0.3 is 13.3 Å². The molecule has 0 aliphatic rings. The van der Waals surface area contributed by atoms with E-state index in [0.29, 0.717) is 9.76 Å². The molecular weight excluding hydrogens is 384 g/mol. The summed E-state index contributed by atoms with van der Waals surface area (Å²) in [4.78, 5) is 0. The van der Waals surface area contributed by atoms with Crippen LogP contribution in [0.25, 0.3) is 11.1 Å². The Hall–Kier alpha value is -1.03. The topological polar surface area (TPSA) is 27.7 Å². The highest BCUT2D eigenvalue weighted by Crippen LogP contribution is 2.15. The van der Waals surface area contributed by atoms with E-state index in [4.69, 9.17) is 13.3 Å². The van der Waals surface area contributed by atoms with Gasteiger partial charge in [0.15, 0.2) is 0 Å². The first-order valence-corrected chi connectivity index (χ1v) is 12.1. The van der Waals surface area contributed by atoms with Gasteiger partial charge in [-0.3, -0.25) is 0 Å². The molecule has 0 amide bonds. The molecule has 0 aromatic heterocycles. The minimum atomic E-state index is 0.187. The van der Waals surface area contributed by atoms with Crippen molar-refractivity contribution in [3.05, 3.63) is 42.5 Å². The van der Waals surface area contributed by atoms with Crippen molar-refractivity contribution in [1.82, 2.24) is 0 Å². The molecule has 3 nitrogen and oxygen atoms in total. The molecule has 27 heavy (non-hydrogen) atoms. The lowest BCUT2D eigenvalue weighted by Gasteiger charge is -2.20. The van der Waals surface area contributed by atoms with Crippen LogP contribution >= 0.6 is 0 Å². The SMILES string of the molecule is CC(C)O[Si]c1ccc(-c2ccccc2)c([Si]OC(C)C)c1[Si]OC(C)C. The van der Waals surface area contributed by atoms with Crippen LogP contribution in [0.15, 0.2) is 42.5 Å². The van der Waals surface area contributed by atoms with Gasteiger partial charge in [0, 0.05) is 18.3 Å². The number of hydrogen-bond donors (Lipinski definition) is 0. The molecular formula is C21H28O3Si3. The third-order valence-corrected chi connectivity index (χ3v) is 7.84. The van der Waals surface area contributed by atoms with Gasteiger partial charge in [-0.25, -0.2) is 0 Å². The fraction of sp³-hybridized carbons (Fsp3) is 0.429. The Morgan fingerprint density at radius 3 is 1.67 bits per heavy atom. The van der Waals surface area contributed by atoms with Crippen molar-refractivity contribution in [1.29, 1.82) is 0 Å². The molecule has 142 valence electrons. The maximum absolute atomic E-state index is 6.06. The predicted molar refractivity (Wildman–Crippen MR) is 117 cm³/mol. The Labute approximate surface area is 171 Å². The summed E-state index contributed by atoms with van der Waals surface area (Å²) in [7, 11) is 0.879. The van der Waals surface area contributed by atoms with Crippen LogP contribution in [-0.2, 0) is 13.3 Å². The molecule has 0 saturated heterocycles. The van der Waals surface area contributed by atoms with Crippen LogP contribution in [0.1, 0.15) is 41.5 Å². The van der Waals surface area contributed by atoms with E-state index in [1.165, 1.54) is 26.7 Å². The molecule has 2 rings (SSSR count). The zero-order chi connectivity index (χ0) is 19.8. The summed E-state index contributed by atoms with van der Waals surface area (Å²) >= 11 is 0. The second-order valence-electron chi connectivity index (χ2n) is 7.08. The molecule has 0 N–H and O–H groups in total. The van der Waals surface area contributed by atoms with Gasteiger partial charge in [0.2, 0.25) is 0 Å². The lowest BCUT2D eigenvalue weighted by atomic mass is 10.1. The largest absolute Gasteiger partial charge is 0.409 e. The van der Waals surface area contributed by atoms with Crippen molar-refractivity contribution in [2.24, 2.45) is 0 Å². The molecule has 0 spiro atoms. The van der Waals surface area contributed by atoms with E-state index < -0.39 is 0 Å². The molecule has 0 aliphatic carbocycles. The van der Waals surface area contributed by atoms with E-state index in [1.807, 2.05) is 6.07 Å². The van der Waals surface area contributed by atoms with Crippen molar-refractivity contribution in [2.45, 2.75) is 59.9 Å². The van der Waals surface area contributed by atoms with Gasteiger partial charge in [0.1, 0.15) is 0 Å². The Kier molecular flexibility index (Phi) is 9.14. The van der Waals surface area contributed by atoms with E-state index in [0.717, 1.165) is 0 Å². The van der Waals surface area contributed by atoms with Crippen LogP contribution in [0, 0.1) is 0 Å². The standard InChI is InChI=1S/C21H28O3Si3/c1-14(2)22-25-19-13-12-18(17-10-8-7-9-11-17)20(26-23-15(3)4)21(19)27-24-16(5)6/h7-16H,1-6H3. The first-order valence-electron chi connectivity index (χ1n) is 9.35. The second kappa shape index (κ2) is 11.1. The van der Waals surface area contributed by atoms with Gasteiger partial charge in [-0.15, -0.1) is 0 Å². The highest BCUT2D eigenvalue weighted by Gasteiger charge is 2.20. The van der Waals surface area contributed by atoms with Gasteiger partial charge in [-0.05, 0) is 68.2 Å². The van der Waals surface area contributed by atoms with Gasteiger partial charge >= 0.3 is 0 Å². The minimum absolute atomic E-state index is 0.187. The molecule has 0 unspecified atom stereocenters. The molecule has 0 bridgehead atoms. The summed E-state index contributed by atoms with van der Waals surface area (Å²) < 4.78 is 18.0. The molecule has 0 heterocycles. The first kappa shape index (κ1) is 22.3.